The first-order valence-corrected chi connectivity index (χ1v) is 10.1. The van der Waals surface area contributed by atoms with E-state index in [1.165, 1.54) is 28.6 Å². The molecule has 144 valence electrons. The topological polar surface area (TPSA) is 105 Å². The maximum Gasteiger partial charge on any atom is 0.251 e. The summed E-state index contributed by atoms with van der Waals surface area (Å²) in [4.78, 5) is 24.2. The van der Waals surface area contributed by atoms with Crippen LogP contribution in [0.4, 0.5) is 0 Å². The summed E-state index contributed by atoms with van der Waals surface area (Å²) in [6, 6.07) is 5.02. The molecule has 1 atom stereocenters. The molecule has 1 aromatic rings. The number of hydrogen-bond acceptors (Lipinski definition) is 5. The Labute approximate surface area is 153 Å². The van der Waals surface area contributed by atoms with Crippen molar-refractivity contribution in [2.75, 3.05) is 32.8 Å². The molecule has 1 aromatic carbocycles. The predicted octanol–water partition coefficient (Wildman–Crippen LogP) is 0.352. The van der Waals surface area contributed by atoms with Crippen molar-refractivity contribution >= 4 is 21.8 Å². The number of amides is 2. The second-order valence-corrected chi connectivity index (χ2v) is 7.96. The Morgan fingerprint density at radius 1 is 1.19 bits per heavy atom. The summed E-state index contributed by atoms with van der Waals surface area (Å²) in [5.74, 6) is -0.689. The first-order valence-electron chi connectivity index (χ1n) is 8.62. The van der Waals surface area contributed by atoms with Crippen LogP contribution in [-0.4, -0.2) is 63.4 Å². The number of carbonyl (C=O) groups is 2. The number of nitrogens with one attached hydrogen (secondary N) is 2. The Morgan fingerprint density at radius 3 is 2.38 bits per heavy atom. The van der Waals surface area contributed by atoms with E-state index < -0.39 is 22.0 Å². The van der Waals surface area contributed by atoms with Crippen molar-refractivity contribution < 1.29 is 22.7 Å². The second kappa shape index (κ2) is 9.11. The lowest BCUT2D eigenvalue weighted by atomic mass is 10.2. The molecular formula is C17H25N3O5S. The molecule has 8 nitrogen and oxygen atoms in total. The SMILES string of the molecule is CCCNC(=O)[C@H](C)NC(=O)c1ccc(S(=O)(=O)N2CCOCC2)cc1. The predicted molar refractivity (Wildman–Crippen MR) is 96.2 cm³/mol. The number of carbonyl (C=O) groups excluding carboxylic acids is 2. The number of nitrogens with zero attached hydrogens (tertiary/aromatic N) is 1. The third-order valence-electron chi connectivity index (χ3n) is 4.01. The van der Waals surface area contributed by atoms with Crippen LogP contribution < -0.4 is 10.6 Å². The molecule has 1 saturated heterocycles. The van der Waals surface area contributed by atoms with Crippen LogP contribution in [-0.2, 0) is 19.6 Å². The highest BCUT2D eigenvalue weighted by molar-refractivity contribution is 7.89. The number of sulfonamides is 1. The quantitative estimate of drug-likeness (QED) is 0.707. The fourth-order valence-electron chi connectivity index (χ4n) is 2.46. The maximum atomic E-state index is 12.6. The van der Waals surface area contributed by atoms with Gasteiger partial charge in [0.15, 0.2) is 0 Å². The standard InChI is InChI=1S/C17H25N3O5S/c1-3-8-18-16(21)13(2)19-17(22)14-4-6-15(7-5-14)26(23,24)20-9-11-25-12-10-20/h4-7,13H,3,8-12H2,1-2H3,(H,18,21)(H,19,22)/t13-/m0/s1. The minimum Gasteiger partial charge on any atom is -0.379 e. The Bertz CT molecular complexity index is 727. The van der Waals surface area contributed by atoms with Gasteiger partial charge in [0.2, 0.25) is 15.9 Å². The average Bonchev–Trinajstić information content (AvgIpc) is 2.66. The monoisotopic (exact) mass is 383 g/mol. The molecule has 0 aromatic heterocycles. The molecule has 1 heterocycles. The molecule has 1 aliphatic heterocycles. The van der Waals surface area contributed by atoms with E-state index in [9.17, 15) is 18.0 Å². The number of benzene rings is 1. The molecule has 0 bridgehead atoms. The molecule has 0 aliphatic carbocycles. The molecule has 1 fully saturated rings. The zero-order chi connectivity index (χ0) is 19.2. The number of rotatable bonds is 7. The first-order chi connectivity index (χ1) is 12.4. The fraction of sp³-hybridized carbons (Fsp3) is 0.529. The number of morpholine rings is 1. The normalized spacial score (nSPS) is 16.7. The molecule has 0 spiro atoms. The van der Waals surface area contributed by atoms with Gasteiger partial charge in [0, 0.05) is 25.2 Å². The molecular weight excluding hydrogens is 358 g/mol. The van der Waals surface area contributed by atoms with Crippen molar-refractivity contribution in [3.8, 4) is 0 Å². The Balaban J connectivity index is 2.02. The maximum absolute atomic E-state index is 12.6. The molecule has 2 N–H and O–H groups in total. The van der Waals surface area contributed by atoms with Gasteiger partial charge in [-0.25, -0.2) is 8.42 Å². The zero-order valence-electron chi connectivity index (χ0n) is 15.0. The van der Waals surface area contributed by atoms with Crippen LogP contribution in [0, 0.1) is 0 Å². The van der Waals surface area contributed by atoms with Crippen molar-refractivity contribution in [2.45, 2.75) is 31.2 Å². The van der Waals surface area contributed by atoms with E-state index in [1.54, 1.807) is 6.92 Å². The van der Waals surface area contributed by atoms with Crippen LogP contribution in [0.15, 0.2) is 29.2 Å². The van der Waals surface area contributed by atoms with Crippen LogP contribution in [0.5, 0.6) is 0 Å². The van der Waals surface area contributed by atoms with Gasteiger partial charge in [-0.15, -0.1) is 0 Å². The van der Waals surface area contributed by atoms with Crippen molar-refractivity contribution in [1.82, 2.24) is 14.9 Å². The number of ether oxygens (including phenoxy) is 1. The van der Waals surface area contributed by atoms with Gasteiger partial charge in [0.25, 0.3) is 5.91 Å². The molecule has 1 aliphatic rings. The van der Waals surface area contributed by atoms with E-state index in [4.69, 9.17) is 4.74 Å². The van der Waals surface area contributed by atoms with Gasteiger partial charge in [-0.3, -0.25) is 9.59 Å². The summed E-state index contributed by atoms with van der Waals surface area (Å²) in [6.07, 6.45) is 0.811. The van der Waals surface area contributed by atoms with Crippen LogP contribution >= 0.6 is 0 Å². The van der Waals surface area contributed by atoms with Gasteiger partial charge in [-0.05, 0) is 37.6 Å². The third kappa shape index (κ3) is 5.03. The third-order valence-corrected chi connectivity index (χ3v) is 5.93. The average molecular weight is 383 g/mol. The highest BCUT2D eigenvalue weighted by Gasteiger charge is 2.26. The second-order valence-electron chi connectivity index (χ2n) is 6.03. The molecule has 0 unspecified atom stereocenters. The van der Waals surface area contributed by atoms with E-state index in [0.717, 1.165) is 6.42 Å². The molecule has 0 radical (unpaired) electrons. The Kier molecular flexibility index (Phi) is 7.13. The van der Waals surface area contributed by atoms with E-state index in [-0.39, 0.29) is 10.8 Å². The van der Waals surface area contributed by atoms with E-state index in [2.05, 4.69) is 10.6 Å². The number of hydrogen-bond donors (Lipinski definition) is 2. The van der Waals surface area contributed by atoms with E-state index in [1.807, 2.05) is 6.92 Å². The summed E-state index contributed by atoms with van der Waals surface area (Å²) < 4.78 is 31.6. The summed E-state index contributed by atoms with van der Waals surface area (Å²) in [5.41, 5.74) is 0.293. The van der Waals surface area contributed by atoms with Crippen molar-refractivity contribution in [1.29, 1.82) is 0 Å². The summed E-state index contributed by atoms with van der Waals surface area (Å²) in [5, 5.41) is 5.30. The highest BCUT2D eigenvalue weighted by atomic mass is 32.2. The van der Waals surface area contributed by atoms with Gasteiger partial charge < -0.3 is 15.4 Å². The minimum atomic E-state index is -3.59. The molecule has 9 heteroatoms. The van der Waals surface area contributed by atoms with Crippen molar-refractivity contribution in [3.63, 3.8) is 0 Å². The van der Waals surface area contributed by atoms with Gasteiger partial charge in [0.05, 0.1) is 18.1 Å². The zero-order valence-corrected chi connectivity index (χ0v) is 15.8. The molecule has 2 rings (SSSR count). The van der Waals surface area contributed by atoms with Gasteiger partial charge in [-0.1, -0.05) is 6.92 Å². The van der Waals surface area contributed by atoms with E-state index >= 15 is 0 Å². The summed E-state index contributed by atoms with van der Waals surface area (Å²) >= 11 is 0. The highest BCUT2D eigenvalue weighted by Crippen LogP contribution is 2.17. The Hall–Kier alpha value is -1.97. The lowest BCUT2D eigenvalue weighted by Crippen LogP contribution is -2.45. The van der Waals surface area contributed by atoms with Gasteiger partial charge in [-0.2, -0.15) is 4.31 Å². The van der Waals surface area contributed by atoms with Gasteiger partial charge in [0.1, 0.15) is 6.04 Å². The van der Waals surface area contributed by atoms with Crippen LogP contribution in [0.1, 0.15) is 30.6 Å². The van der Waals surface area contributed by atoms with Crippen molar-refractivity contribution in [3.05, 3.63) is 29.8 Å². The lowest BCUT2D eigenvalue weighted by molar-refractivity contribution is -0.122. The molecule has 2 amide bonds. The summed E-state index contributed by atoms with van der Waals surface area (Å²) in [7, 11) is -3.59. The Morgan fingerprint density at radius 2 is 1.81 bits per heavy atom. The minimum absolute atomic E-state index is 0.129. The van der Waals surface area contributed by atoms with Crippen LogP contribution in [0.3, 0.4) is 0 Å². The first kappa shape index (κ1) is 20.3. The smallest absolute Gasteiger partial charge is 0.251 e. The lowest BCUT2D eigenvalue weighted by Gasteiger charge is -2.26. The molecule has 26 heavy (non-hydrogen) atoms. The van der Waals surface area contributed by atoms with E-state index in [0.29, 0.717) is 38.4 Å². The fourth-order valence-corrected chi connectivity index (χ4v) is 3.87. The molecule has 0 saturated carbocycles. The van der Waals surface area contributed by atoms with Crippen LogP contribution in [0.25, 0.3) is 0 Å². The summed E-state index contributed by atoms with van der Waals surface area (Å²) in [6.45, 7) is 5.46. The van der Waals surface area contributed by atoms with Crippen molar-refractivity contribution in [2.24, 2.45) is 0 Å². The van der Waals surface area contributed by atoms with Gasteiger partial charge >= 0.3 is 0 Å². The largest absolute Gasteiger partial charge is 0.379 e. The van der Waals surface area contributed by atoms with Crippen LogP contribution in [0.2, 0.25) is 0 Å².